The molecular formula is C20H21N3O3. The van der Waals surface area contributed by atoms with Crippen molar-refractivity contribution in [2.45, 2.75) is 26.0 Å². The van der Waals surface area contributed by atoms with E-state index in [0.29, 0.717) is 18.0 Å². The number of hydrogen-bond donors (Lipinski definition) is 1. The summed E-state index contributed by atoms with van der Waals surface area (Å²) < 4.78 is 13.5. The fourth-order valence-electron chi connectivity index (χ4n) is 3.22. The van der Waals surface area contributed by atoms with Crippen molar-refractivity contribution in [3.8, 4) is 11.5 Å². The molecule has 0 saturated heterocycles. The van der Waals surface area contributed by atoms with Gasteiger partial charge in [0, 0.05) is 30.9 Å². The van der Waals surface area contributed by atoms with Crippen LogP contribution < -0.4 is 14.8 Å². The van der Waals surface area contributed by atoms with Gasteiger partial charge in [0.15, 0.2) is 11.5 Å². The second kappa shape index (κ2) is 7.07. The van der Waals surface area contributed by atoms with Crippen LogP contribution in [0.1, 0.15) is 12.5 Å². The van der Waals surface area contributed by atoms with E-state index in [4.69, 9.17) is 9.47 Å². The van der Waals surface area contributed by atoms with E-state index < -0.39 is 6.10 Å². The van der Waals surface area contributed by atoms with E-state index in [9.17, 15) is 4.79 Å². The van der Waals surface area contributed by atoms with Gasteiger partial charge in [-0.3, -0.25) is 4.79 Å². The van der Waals surface area contributed by atoms with Crippen LogP contribution in [0, 0.1) is 0 Å². The van der Waals surface area contributed by atoms with Gasteiger partial charge in [-0.15, -0.1) is 0 Å². The highest BCUT2D eigenvalue weighted by Gasteiger charge is 2.26. The van der Waals surface area contributed by atoms with Crippen LogP contribution >= 0.6 is 0 Å². The Kier molecular flexibility index (Phi) is 4.48. The summed E-state index contributed by atoms with van der Waals surface area (Å²) >= 11 is 0. The second-order valence-corrected chi connectivity index (χ2v) is 6.22. The van der Waals surface area contributed by atoms with Gasteiger partial charge in [-0.05, 0) is 43.2 Å². The lowest BCUT2D eigenvalue weighted by Gasteiger charge is -2.25. The molecule has 0 saturated carbocycles. The molecule has 134 valence electrons. The van der Waals surface area contributed by atoms with Crippen LogP contribution in [0.4, 0.5) is 0 Å². The van der Waals surface area contributed by atoms with Crippen LogP contribution in [0.3, 0.4) is 0 Å². The first kappa shape index (κ1) is 16.4. The van der Waals surface area contributed by atoms with Gasteiger partial charge in [0.25, 0.3) is 5.91 Å². The van der Waals surface area contributed by atoms with Crippen molar-refractivity contribution >= 4 is 16.9 Å². The SMILES string of the molecule is CCn1cc(CCNC(=O)C2COc3ccccc3O2)c2cccnc21. The number of ether oxygens (including phenoxy) is 2. The van der Waals surface area contributed by atoms with Crippen LogP contribution in [0.25, 0.3) is 11.0 Å². The number of hydrogen-bond acceptors (Lipinski definition) is 4. The fourth-order valence-corrected chi connectivity index (χ4v) is 3.22. The third-order valence-electron chi connectivity index (χ3n) is 4.55. The highest BCUT2D eigenvalue weighted by Crippen LogP contribution is 2.30. The molecule has 0 radical (unpaired) electrons. The monoisotopic (exact) mass is 351 g/mol. The normalized spacial score (nSPS) is 15.8. The Morgan fingerprint density at radius 3 is 2.96 bits per heavy atom. The zero-order valence-corrected chi connectivity index (χ0v) is 14.6. The Balaban J connectivity index is 1.37. The highest BCUT2D eigenvalue weighted by molar-refractivity contribution is 5.82. The summed E-state index contributed by atoms with van der Waals surface area (Å²) in [6.07, 6.45) is 4.03. The van der Waals surface area contributed by atoms with Crippen molar-refractivity contribution in [2.24, 2.45) is 0 Å². The minimum Gasteiger partial charge on any atom is -0.485 e. The summed E-state index contributed by atoms with van der Waals surface area (Å²) in [4.78, 5) is 16.8. The van der Waals surface area contributed by atoms with Crippen molar-refractivity contribution in [1.82, 2.24) is 14.9 Å². The summed E-state index contributed by atoms with van der Waals surface area (Å²) in [5, 5.41) is 4.08. The fraction of sp³-hybridized carbons (Fsp3) is 0.300. The predicted octanol–water partition coefficient (Wildman–Crippen LogP) is 2.55. The number of para-hydroxylation sites is 2. The number of amides is 1. The van der Waals surface area contributed by atoms with Crippen LogP contribution in [0.5, 0.6) is 11.5 Å². The number of nitrogens with zero attached hydrogens (tertiary/aromatic N) is 2. The van der Waals surface area contributed by atoms with Crippen molar-refractivity contribution < 1.29 is 14.3 Å². The topological polar surface area (TPSA) is 65.4 Å². The molecule has 3 heterocycles. The quantitative estimate of drug-likeness (QED) is 0.767. The summed E-state index contributed by atoms with van der Waals surface area (Å²) in [6.45, 7) is 3.73. The van der Waals surface area contributed by atoms with E-state index in [1.807, 2.05) is 24.3 Å². The van der Waals surface area contributed by atoms with Crippen molar-refractivity contribution in [3.63, 3.8) is 0 Å². The number of nitrogens with one attached hydrogen (secondary N) is 1. The molecule has 1 aliphatic rings. The van der Waals surface area contributed by atoms with E-state index in [-0.39, 0.29) is 12.5 Å². The molecule has 1 amide bonds. The van der Waals surface area contributed by atoms with Gasteiger partial charge in [0.2, 0.25) is 6.10 Å². The molecule has 26 heavy (non-hydrogen) atoms. The Morgan fingerprint density at radius 2 is 2.12 bits per heavy atom. The largest absolute Gasteiger partial charge is 0.485 e. The van der Waals surface area contributed by atoms with Gasteiger partial charge in [0.1, 0.15) is 12.3 Å². The molecule has 0 spiro atoms. The molecule has 1 aliphatic heterocycles. The molecule has 0 bridgehead atoms. The zero-order chi connectivity index (χ0) is 17.9. The molecule has 0 fully saturated rings. The number of carbonyl (C=O) groups is 1. The summed E-state index contributed by atoms with van der Waals surface area (Å²) in [6, 6.07) is 11.4. The first-order valence-corrected chi connectivity index (χ1v) is 8.85. The highest BCUT2D eigenvalue weighted by atomic mass is 16.6. The van der Waals surface area contributed by atoms with Crippen LogP contribution in [0.15, 0.2) is 48.8 Å². The van der Waals surface area contributed by atoms with Gasteiger partial charge in [-0.1, -0.05) is 12.1 Å². The van der Waals surface area contributed by atoms with E-state index in [1.54, 1.807) is 12.3 Å². The number of fused-ring (bicyclic) bond motifs is 2. The van der Waals surface area contributed by atoms with Crippen molar-refractivity contribution in [3.05, 3.63) is 54.4 Å². The number of aryl methyl sites for hydroxylation is 1. The average molecular weight is 351 g/mol. The smallest absolute Gasteiger partial charge is 0.264 e. The van der Waals surface area contributed by atoms with E-state index in [2.05, 4.69) is 34.1 Å². The van der Waals surface area contributed by atoms with Crippen LogP contribution in [-0.4, -0.2) is 34.7 Å². The number of benzene rings is 1. The first-order valence-electron chi connectivity index (χ1n) is 8.85. The second-order valence-electron chi connectivity index (χ2n) is 6.22. The molecule has 2 aromatic heterocycles. The Hall–Kier alpha value is -3.02. The van der Waals surface area contributed by atoms with Crippen LogP contribution in [-0.2, 0) is 17.8 Å². The van der Waals surface area contributed by atoms with Gasteiger partial charge >= 0.3 is 0 Å². The molecule has 0 aliphatic carbocycles. The summed E-state index contributed by atoms with van der Waals surface area (Å²) in [5.41, 5.74) is 2.17. The maximum absolute atomic E-state index is 12.4. The van der Waals surface area contributed by atoms with Crippen molar-refractivity contribution in [2.75, 3.05) is 13.2 Å². The summed E-state index contributed by atoms with van der Waals surface area (Å²) in [5.74, 6) is 1.13. The Bertz CT molecular complexity index is 935. The van der Waals surface area contributed by atoms with Gasteiger partial charge in [-0.25, -0.2) is 4.98 Å². The third-order valence-corrected chi connectivity index (χ3v) is 4.55. The molecular weight excluding hydrogens is 330 g/mol. The number of aromatic nitrogens is 2. The average Bonchev–Trinajstić information content (AvgIpc) is 3.05. The lowest BCUT2D eigenvalue weighted by molar-refractivity contribution is -0.130. The number of carbonyl (C=O) groups excluding carboxylic acids is 1. The maximum atomic E-state index is 12.4. The third kappa shape index (κ3) is 3.10. The van der Waals surface area contributed by atoms with E-state index in [0.717, 1.165) is 24.0 Å². The maximum Gasteiger partial charge on any atom is 0.264 e. The minimum absolute atomic E-state index is 0.156. The molecule has 6 heteroatoms. The zero-order valence-electron chi connectivity index (χ0n) is 14.6. The van der Waals surface area contributed by atoms with E-state index in [1.165, 1.54) is 5.56 Å². The lowest BCUT2D eigenvalue weighted by atomic mass is 10.1. The van der Waals surface area contributed by atoms with E-state index >= 15 is 0 Å². The number of pyridine rings is 1. The van der Waals surface area contributed by atoms with Gasteiger partial charge < -0.3 is 19.4 Å². The number of rotatable bonds is 5. The molecule has 1 atom stereocenters. The Labute approximate surface area is 151 Å². The molecule has 1 N–H and O–H groups in total. The van der Waals surface area contributed by atoms with Crippen molar-refractivity contribution in [1.29, 1.82) is 0 Å². The minimum atomic E-state index is -0.622. The molecule has 4 rings (SSSR count). The predicted molar refractivity (Wildman–Crippen MR) is 98.5 cm³/mol. The van der Waals surface area contributed by atoms with Gasteiger partial charge in [0.05, 0.1) is 0 Å². The summed E-state index contributed by atoms with van der Waals surface area (Å²) in [7, 11) is 0. The van der Waals surface area contributed by atoms with Crippen LogP contribution in [0.2, 0.25) is 0 Å². The molecule has 6 nitrogen and oxygen atoms in total. The lowest BCUT2D eigenvalue weighted by Crippen LogP contribution is -2.44. The first-order chi connectivity index (χ1) is 12.8. The molecule has 1 unspecified atom stereocenters. The molecule has 1 aromatic carbocycles. The molecule has 3 aromatic rings. The van der Waals surface area contributed by atoms with Gasteiger partial charge in [-0.2, -0.15) is 0 Å². The Morgan fingerprint density at radius 1 is 1.27 bits per heavy atom. The standard InChI is InChI=1S/C20H21N3O3/c1-2-23-12-14(15-6-5-10-21-19(15)23)9-11-22-20(24)18-13-25-16-7-3-4-8-17(16)26-18/h3-8,10,12,18H,2,9,11,13H2,1H3,(H,22,24).